The topological polar surface area (TPSA) is 69.0 Å². The van der Waals surface area contributed by atoms with E-state index in [0.29, 0.717) is 18.3 Å². The van der Waals surface area contributed by atoms with Gasteiger partial charge < -0.3 is 14.6 Å². The van der Waals surface area contributed by atoms with Crippen LogP contribution in [0.25, 0.3) is 0 Å². The minimum absolute atomic E-state index is 0.0641. The molecule has 0 bridgehead atoms. The molecular weight excluding hydrogens is 396 g/mol. The molecular formula is C23H28N4O2S. The summed E-state index contributed by atoms with van der Waals surface area (Å²) in [5, 5.41) is 12.2. The molecule has 0 atom stereocenters. The summed E-state index contributed by atoms with van der Waals surface area (Å²) in [7, 11) is 0. The fourth-order valence-electron chi connectivity index (χ4n) is 3.14. The molecule has 0 radical (unpaired) electrons. The number of carbonyl (C=O) groups is 1. The second kappa shape index (κ2) is 9.80. The Kier molecular flexibility index (Phi) is 7.15. The first-order valence-corrected chi connectivity index (χ1v) is 11.0. The maximum atomic E-state index is 12.4. The number of thioether (sulfide) groups is 1. The lowest BCUT2D eigenvalue weighted by atomic mass is 10.1. The van der Waals surface area contributed by atoms with Crippen molar-refractivity contribution in [3.63, 3.8) is 0 Å². The van der Waals surface area contributed by atoms with E-state index in [4.69, 9.17) is 4.74 Å². The van der Waals surface area contributed by atoms with Gasteiger partial charge in [0.25, 0.3) is 0 Å². The van der Waals surface area contributed by atoms with E-state index in [-0.39, 0.29) is 11.7 Å². The van der Waals surface area contributed by atoms with Crippen LogP contribution >= 0.6 is 11.8 Å². The van der Waals surface area contributed by atoms with Gasteiger partial charge >= 0.3 is 0 Å². The van der Waals surface area contributed by atoms with Crippen LogP contribution in [0.1, 0.15) is 35.0 Å². The van der Waals surface area contributed by atoms with Crippen molar-refractivity contribution in [2.75, 3.05) is 11.1 Å². The Morgan fingerprint density at radius 1 is 1.10 bits per heavy atom. The fourth-order valence-corrected chi connectivity index (χ4v) is 3.96. The number of benzene rings is 2. The molecule has 6 nitrogen and oxygen atoms in total. The summed E-state index contributed by atoms with van der Waals surface area (Å²) in [6, 6.07) is 12.0. The van der Waals surface area contributed by atoms with Crippen molar-refractivity contribution >= 4 is 23.4 Å². The van der Waals surface area contributed by atoms with Crippen molar-refractivity contribution in [1.29, 1.82) is 0 Å². The van der Waals surface area contributed by atoms with Gasteiger partial charge in [0.05, 0.1) is 5.75 Å². The number of ether oxygens (including phenoxy) is 1. The van der Waals surface area contributed by atoms with Gasteiger partial charge in [-0.05, 0) is 63.4 Å². The van der Waals surface area contributed by atoms with Gasteiger partial charge in [0.1, 0.15) is 12.4 Å². The van der Waals surface area contributed by atoms with E-state index in [1.807, 2.05) is 56.5 Å². The first-order chi connectivity index (χ1) is 14.4. The van der Waals surface area contributed by atoms with Crippen LogP contribution < -0.4 is 10.1 Å². The highest BCUT2D eigenvalue weighted by molar-refractivity contribution is 7.99. The van der Waals surface area contributed by atoms with Crippen molar-refractivity contribution in [3.8, 4) is 5.75 Å². The molecule has 2 aromatic carbocycles. The van der Waals surface area contributed by atoms with Crippen LogP contribution in [-0.4, -0.2) is 26.4 Å². The summed E-state index contributed by atoms with van der Waals surface area (Å²) < 4.78 is 7.96. The van der Waals surface area contributed by atoms with Gasteiger partial charge in [0.2, 0.25) is 5.91 Å². The summed E-state index contributed by atoms with van der Waals surface area (Å²) >= 11 is 1.38. The Balaban J connectivity index is 1.61. The van der Waals surface area contributed by atoms with Crippen molar-refractivity contribution in [2.24, 2.45) is 0 Å². The number of amides is 1. The van der Waals surface area contributed by atoms with Crippen LogP contribution in [0.15, 0.2) is 41.6 Å². The molecule has 1 aromatic heterocycles. The van der Waals surface area contributed by atoms with Crippen LogP contribution in [0.5, 0.6) is 5.75 Å². The average Bonchev–Trinajstić information content (AvgIpc) is 3.11. The lowest BCUT2D eigenvalue weighted by molar-refractivity contribution is -0.113. The van der Waals surface area contributed by atoms with E-state index >= 15 is 0 Å². The van der Waals surface area contributed by atoms with Gasteiger partial charge in [-0.2, -0.15) is 0 Å². The number of nitrogens with one attached hydrogen (secondary N) is 1. The van der Waals surface area contributed by atoms with Gasteiger partial charge in [0.15, 0.2) is 11.0 Å². The van der Waals surface area contributed by atoms with Gasteiger partial charge in [-0.3, -0.25) is 4.79 Å². The first-order valence-electron chi connectivity index (χ1n) is 10.00. The number of carbonyl (C=O) groups excluding carboxylic acids is 1. The van der Waals surface area contributed by atoms with E-state index in [1.54, 1.807) is 0 Å². The van der Waals surface area contributed by atoms with Crippen LogP contribution in [0, 0.1) is 27.7 Å². The number of aromatic nitrogens is 3. The molecule has 0 saturated heterocycles. The van der Waals surface area contributed by atoms with E-state index in [1.165, 1.54) is 22.9 Å². The highest BCUT2D eigenvalue weighted by Gasteiger charge is 2.15. The molecule has 1 amide bonds. The van der Waals surface area contributed by atoms with Gasteiger partial charge in [-0.25, -0.2) is 0 Å². The lowest BCUT2D eigenvalue weighted by Gasteiger charge is -2.12. The monoisotopic (exact) mass is 424 g/mol. The number of nitrogens with zero attached hydrogens (tertiary/aromatic N) is 3. The SMILES string of the molecule is CCn1c(COc2cccc(C)c2C)nnc1SCC(=O)Nc1ccc(C)cc1C. The fraction of sp³-hybridized carbons (Fsp3) is 0.348. The Morgan fingerprint density at radius 3 is 2.63 bits per heavy atom. The lowest BCUT2D eigenvalue weighted by Crippen LogP contribution is -2.15. The molecule has 0 saturated carbocycles. The summed E-state index contributed by atoms with van der Waals surface area (Å²) in [6.07, 6.45) is 0. The molecule has 1 N–H and O–H groups in total. The molecule has 158 valence electrons. The maximum absolute atomic E-state index is 12.4. The van der Waals surface area contributed by atoms with E-state index in [9.17, 15) is 4.79 Å². The van der Waals surface area contributed by atoms with Crippen LogP contribution in [0.3, 0.4) is 0 Å². The number of hydrogen-bond donors (Lipinski definition) is 1. The maximum Gasteiger partial charge on any atom is 0.234 e. The zero-order chi connectivity index (χ0) is 21.7. The second-order valence-electron chi connectivity index (χ2n) is 7.29. The molecule has 0 spiro atoms. The number of hydrogen-bond acceptors (Lipinski definition) is 5. The Bertz CT molecular complexity index is 1050. The summed E-state index contributed by atoms with van der Waals surface area (Å²) in [6.45, 7) is 11.2. The molecule has 0 fully saturated rings. The highest BCUT2D eigenvalue weighted by Crippen LogP contribution is 2.23. The third-order valence-corrected chi connectivity index (χ3v) is 5.98. The van der Waals surface area contributed by atoms with Crippen LogP contribution in [-0.2, 0) is 17.9 Å². The zero-order valence-electron chi connectivity index (χ0n) is 18.2. The van der Waals surface area contributed by atoms with Crippen molar-refractivity contribution < 1.29 is 9.53 Å². The van der Waals surface area contributed by atoms with Gasteiger partial charge in [0, 0.05) is 12.2 Å². The summed E-state index contributed by atoms with van der Waals surface area (Å²) in [5.74, 6) is 1.80. The van der Waals surface area contributed by atoms with Gasteiger partial charge in [-0.15, -0.1) is 10.2 Å². The standard InChI is InChI=1S/C23H28N4O2S/c1-6-27-21(13-29-20-9-7-8-16(3)18(20)5)25-26-23(27)30-14-22(28)24-19-11-10-15(2)12-17(19)4/h7-12H,6,13-14H2,1-5H3,(H,24,28). The van der Waals surface area contributed by atoms with Crippen LogP contribution in [0.2, 0.25) is 0 Å². The molecule has 3 aromatic rings. The molecule has 7 heteroatoms. The average molecular weight is 425 g/mol. The van der Waals surface area contributed by atoms with Gasteiger partial charge in [-0.1, -0.05) is 41.6 Å². The second-order valence-corrected chi connectivity index (χ2v) is 8.23. The highest BCUT2D eigenvalue weighted by atomic mass is 32.2. The molecule has 30 heavy (non-hydrogen) atoms. The van der Waals surface area contributed by atoms with Crippen LogP contribution in [0.4, 0.5) is 5.69 Å². The number of aryl methyl sites for hydroxylation is 3. The van der Waals surface area contributed by atoms with Crippen molar-refractivity contribution in [2.45, 2.75) is 52.9 Å². The predicted octanol–water partition coefficient (Wildman–Crippen LogP) is 4.84. The Hall–Kier alpha value is -2.80. The molecule has 0 unspecified atom stereocenters. The minimum atomic E-state index is -0.0641. The smallest absolute Gasteiger partial charge is 0.234 e. The summed E-state index contributed by atoms with van der Waals surface area (Å²) in [4.78, 5) is 12.4. The third-order valence-electron chi connectivity index (χ3n) is 5.01. The number of anilines is 1. The molecule has 0 aliphatic rings. The number of rotatable bonds is 8. The van der Waals surface area contributed by atoms with Crippen molar-refractivity contribution in [1.82, 2.24) is 14.8 Å². The van der Waals surface area contributed by atoms with Crippen molar-refractivity contribution in [3.05, 3.63) is 64.5 Å². The largest absolute Gasteiger partial charge is 0.485 e. The molecule has 3 rings (SSSR count). The summed E-state index contributed by atoms with van der Waals surface area (Å²) in [5.41, 5.74) is 5.38. The normalized spacial score (nSPS) is 10.8. The Labute approximate surface area is 182 Å². The van der Waals surface area contributed by atoms with E-state index in [0.717, 1.165) is 28.4 Å². The predicted molar refractivity (Wildman–Crippen MR) is 121 cm³/mol. The quantitative estimate of drug-likeness (QED) is 0.524. The zero-order valence-corrected chi connectivity index (χ0v) is 19.0. The van der Waals surface area contributed by atoms with E-state index < -0.39 is 0 Å². The molecule has 0 aliphatic heterocycles. The molecule has 0 aliphatic carbocycles. The Morgan fingerprint density at radius 2 is 1.90 bits per heavy atom. The van der Waals surface area contributed by atoms with E-state index in [2.05, 4.69) is 34.6 Å². The minimum Gasteiger partial charge on any atom is -0.485 e. The molecule has 1 heterocycles. The first kappa shape index (κ1) is 21.9. The third kappa shape index (κ3) is 5.21.